The maximum absolute atomic E-state index is 10.9. The highest BCUT2D eigenvalue weighted by atomic mass is 16.6. The van der Waals surface area contributed by atoms with Crippen LogP contribution in [0.2, 0.25) is 0 Å². The van der Waals surface area contributed by atoms with E-state index in [2.05, 4.69) is 15.6 Å². The third-order valence-electron chi connectivity index (χ3n) is 2.12. The van der Waals surface area contributed by atoms with Crippen molar-refractivity contribution in [2.75, 3.05) is 23.7 Å². The maximum atomic E-state index is 10.9. The lowest BCUT2D eigenvalue weighted by Gasteiger charge is -2.18. The van der Waals surface area contributed by atoms with Crippen LogP contribution in [0, 0.1) is 10.1 Å². The number of nitrogens with one attached hydrogen (secondary N) is 2. The van der Waals surface area contributed by atoms with E-state index in [-0.39, 0.29) is 18.1 Å². The molecule has 0 aromatic carbocycles. The Balaban J connectivity index is 2.96. The molecule has 0 atom stereocenters. The Bertz CT molecular complexity index is 429. The Labute approximate surface area is 105 Å². The van der Waals surface area contributed by atoms with Crippen molar-refractivity contribution in [2.24, 2.45) is 0 Å². The molecule has 7 heteroatoms. The molecule has 7 nitrogen and oxygen atoms in total. The molecule has 0 amide bonds. The number of hydrogen-bond donors (Lipinski definition) is 3. The molecule has 0 aliphatic heterocycles. The van der Waals surface area contributed by atoms with Gasteiger partial charge < -0.3 is 15.7 Å². The first-order chi connectivity index (χ1) is 8.33. The number of nitro groups is 1. The van der Waals surface area contributed by atoms with Gasteiger partial charge in [-0.2, -0.15) is 0 Å². The van der Waals surface area contributed by atoms with E-state index < -0.39 is 10.5 Å². The lowest BCUT2D eigenvalue weighted by molar-refractivity contribution is -0.384. The Morgan fingerprint density at radius 1 is 1.44 bits per heavy atom. The van der Waals surface area contributed by atoms with Gasteiger partial charge in [0.1, 0.15) is 5.82 Å². The third-order valence-corrected chi connectivity index (χ3v) is 2.12. The number of hydrogen-bond acceptors (Lipinski definition) is 6. The topological polar surface area (TPSA) is 100 Å². The summed E-state index contributed by atoms with van der Waals surface area (Å²) in [4.78, 5) is 14.5. The van der Waals surface area contributed by atoms with Gasteiger partial charge in [-0.25, -0.2) is 4.98 Å². The van der Waals surface area contributed by atoms with Crippen molar-refractivity contribution in [3.8, 4) is 0 Å². The van der Waals surface area contributed by atoms with Crippen LogP contribution in [0.15, 0.2) is 12.1 Å². The summed E-state index contributed by atoms with van der Waals surface area (Å²) in [6.45, 7) is 5.99. The molecule has 1 rings (SSSR count). The maximum Gasteiger partial charge on any atom is 0.311 e. The molecule has 1 aromatic rings. The predicted octanol–water partition coefficient (Wildman–Crippen LogP) is 1.60. The van der Waals surface area contributed by atoms with Gasteiger partial charge in [-0.05, 0) is 26.8 Å². The minimum absolute atomic E-state index is 0.110. The highest BCUT2D eigenvalue weighted by molar-refractivity contribution is 5.60. The first kappa shape index (κ1) is 14.2. The van der Waals surface area contributed by atoms with Crippen LogP contribution in [0.1, 0.15) is 20.8 Å². The molecule has 0 saturated carbocycles. The van der Waals surface area contributed by atoms with Crippen molar-refractivity contribution >= 4 is 17.3 Å². The van der Waals surface area contributed by atoms with Crippen LogP contribution in [0.4, 0.5) is 17.3 Å². The highest BCUT2D eigenvalue weighted by Crippen LogP contribution is 2.24. The zero-order valence-electron chi connectivity index (χ0n) is 10.7. The lowest BCUT2D eigenvalue weighted by Crippen LogP contribution is -2.29. The Hall–Kier alpha value is -1.89. The molecule has 100 valence electrons. The molecule has 3 N–H and O–H groups in total. The largest absolute Gasteiger partial charge is 0.389 e. The Kier molecular flexibility index (Phi) is 4.43. The summed E-state index contributed by atoms with van der Waals surface area (Å²) in [6, 6.07) is 2.94. The summed E-state index contributed by atoms with van der Waals surface area (Å²) in [5.74, 6) is 0.710. The number of aromatic nitrogens is 1. The number of aliphatic hydroxyl groups is 1. The summed E-state index contributed by atoms with van der Waals surface area (Å²) in [7, 11) is 0. The van der Waals surface area contributed by atoms with Crippen LogP contribution in [0.3, 0.4) is 0 Å². The summed E-state index contributed by atoms with van der Waals surface area (Å²) >= 11 is 0. The lowest BCUT2D eigenvalue weighted by atomic mass is 10.1. The fourth-order valence-electron chi connectivity index (χ4n) is 1.31. The van der Waals surface area contributed by atoms with E-state index in [9.17, 15) is 15.2 Å². The molecule has 0 saturated heterocycles. The van der Waals surface area contributed by atoms with E-state index in [0.717, 1.165) is 0 Å². The quantitative estimate of drug-likeness (QED) is 0.526. The second-order valence-electron chi connectivity index (χ2n) is 4.52. The molecule has 0 unspecified atom stereocenters. The first-order valence-corrected chi connectivity index (χ1v) is 5.69. The average molecular weight is 254 g/mol. The summed E-state index contributed by atoms with van der Waals surface area (Å²) in [5, 5.41) is 26.2. The van der Waals surface area contributed by atoms with Crippen molar-refractivity contribution in [1.29, 1.82) is 0 Å². The van der Waals surface area contributed by atoms with Crippen LogP contribution in [-0.2, 0) is 0 Å². The van der Waals surface area contributed by atoms with Gasteiger partial charge in [0, 0.05) is 19.2 Å². The smallest absolute Gasteiger partial charge is 0.311 e. The number of pyridine rings is 1. The van der Waals surface area contributed by atoms with E-state index in [1.807, 2.05) is 6.92 Å². The molecular weight excluding hydrogens is 236 g/mol. The monoisotopic (exact) mass is 254 g/mol. The molecule has 0 aliphatic rings. The fourth-order valence-corrected chi connectivity index (χ4v) is 1.31. The first-order valence-electron chi connectivity index (χ1n) is 5.69. The summed E-state index contributed by atoms with van der Waals surface area (Å²) < 4.78 is 0. The van der Waals surface area contributed by atoms with Crippen molar-refractivity contribution in [2.45, 2.75) is 26.4 Å². The van der Waals surface area contributed by atoms with Crippen molar-refractivity contribution < 1.29 is 10.0 Å². The molecule has 0 radical (unpaired) electrons. The standard InChI is InChI=1S/C11H18N4O3/c1-4-12-9-6-5-8(15(17)18)10(14-9)13-7-11(2,3)16/h5-6,16H,4,7H2,1-3H3,(H2,12,13,14). The molecule has 18 heavy (non-hydrogen) atoms. The Morgan fingerprint density at radius 2 is 2.11 bits per heavy atom. The van der Waals surface area contributed by atoms with Gasteiger partial charge in [0.15, 0.2) is 0 Å². The molecule has 0 aliphatic carbocycles. The molecule has 1 aromatic heterocycles. The van der Waals surface area contributed by atoms with Gasteiger partial charge in [0.2, 0.25) is 5.82 Å². The van der Waals surface area contributed by atoms with Crippen molar-refractivity contribution in [1.82, 2.24) is 4.98 Å². The van der Waals surface area contributed by atoms with Crippen molar-refractivity contribution in [3.05, 3.63) is 22.2 Å². The Morgan fingerprint density at radius 3 is 2.61 bits per heavy atom. The fraction of sp³-hybridized carbons (Fsp3) is 0.545. The molecule has 1 heterocycles. The minimum Gasteiger partial charge on any atom is -0.389 e. The SMILES string of the molecule is CCNc1ccc([N+](=O)[O-])c(NCC(C)(C)O)n1. The molecule has 0 fully saturated rings. The van der Waals surface area contributed by atoms with E-state index in [1.165, 1.54) is 6.07 Å². The second-order valence-corrected chi connectivity index (χ2v) is 4.52. The number of rotatable bonds is 6. The predicted molar refractivity (Wildman–Crippen MR) is 69.8 cm³/mol. The highest BCUT2D eigenvalue weighted by Gasteiger charge is 2.19. The van der Waals surface area contributed by atoms with Crippen LogP contribution < -0.4 is 10.6 Å². The number of anilines is 2. The molecule has 0 spiro atoms. The van der Waals surface area contributed by atoms with E-state index >= 15 is 0 Å². The van der Waals surface area contributed by atoms with Crippen LogP contribution >= 0.6 is 0 Å². The zero-order valence-corrected chi connectivity index (χ0v) is 10.7. The van der Waals surface area contributed by atoms with E-state index in [1.54, 1.807) is 19.9 Å². The number of nitrogens with zero attached hydrogens (tertiary/aromatic N) is 2. The van der Waals surface area contributed by atoms with Gasteiger partial charge in [-0.3, -0.25) is 10.1 Å². The molecule has 0 bridgehead atoms. The van der Waals surface area contributed by atoms with Gasteiger partial charge in [-0.15, -0.1) is 0 Å². The van der Waals surface area contributed by atoms with Gasteiger partial charge >= 0.3 is 5.69 Å². The van der Waals surface area contributed by atoms with Crippen molar-refractivity contribution in [3.63, 3.8) is 0 Å². The van der Waals surface area contributed by atoms with E-state index in [0.29, 0.717) is 12.4 Å². The van der Waals surface area contributed by atoms with Crippen LogP contribution in [0.5, 0.6) is 0 Å². The van der Waals surface area contributed by atoms with E-state index in [4.69, 9.17) is 0 Å². The van der Waals surface area contributed by atoms with Gasteiger partial charge in [0.25, 0.3) is 0 Å². The summed E-state index contributed by atoms with van der Waals surface area (Å²) in [6.07, 6.45) is 0. The van der Waals surface area contributed by atoms with Crippen LogP contribution in [0.25, 0.3) is 0 Å². The second kappa shape index (κ2) is 5.63. The zero-order chi connectivity index (χ0) is 13.8. The normalized spacial score (nSPS) is 11.1. The van der Waals surface area contributed by atoms with Gasteiger partial charge in [-0.1, -0.05) is 0 Å². The third kappa shape index (κ3) is 4.17. The molecular formula is C11H18N4O3. The van der Waals surface area contributed by atoms with Gasteiger partial charge in [0.05, 0.1) is 10.5 Å². The summed E-state index contributed by atoms with van der Waals surface area (Å²) in [5.41, 5.74) is -1.08. The minimum atomic E-state index is -0.969. The van der Waals surface area contributed by atoms with Crippen LogP contribution in [-0.4, -0.2) is 33.7 Å². The average Bonchev–Trinajstić information content (AvgIpc) is 2.25.